The van der Waals surface area contributed by atoms with Gasteiger partial charge < -0.3 is 15.8 Å². The highest BCUT2D eigenvalue weighted by Crippen LogP contribution is 2.21. The highest BCUT2D eigenvalue weighted by atomic mass is 35.5. The van der Waals surface area contributed by atoms with Gasteiger partial charge >= 0.3 is 0 Å². The van der Waals surface area contributed by atoms with Gasteiger partial charge in [-0.1, -0.05) is 13.8 Å². The second kappa shape index (κ2) is 11.6. The summed E-state index contributed by atoms with van der Waals surface area (Å²) in [5, 5.41) is 3.01. The minimum absolute atomic E-state index is 0. The smallest absolute Gasteiger partial charge is 0.221 e. The van der Waals surface area contributed by atoms with Crippen LogP contribution in [0.1, 0.15) is 26.7 Å². The van der Waals surface area contributed by atoms with Crippen LogP contribution < -0.4 is 15.8 Å². The number of methoxy groups -OCH3 is 1. The molecule has 1 amide bonds. The van der Waals surface area contributed by atoms with Gasteiger partial charge in [-0.25, -0.2) is 0 Å². The van der Waals surface area contributed by atoms with Crippen molar-refractivity contribution in [1.29, 1.82) is 0 Å². The minimum Gasteiger partial charge on any atom is -0.497 e. The maximum Gasteiger partial charge on any atom is 0.221 e. The molecule has 0 spiro atoms. The number of nitrogens with two attached hydrogens (primary N) is 1. The Hall–Kier alpha value is -0.910. The summed E-state index contributed by atoms with van der Waals surface area (Å²) in [4.78, 5) is 13.0. The molecule has 1 aromatic carbocycles. The first-order valence-electron chi connectivity index (χ1n) is 7.31. The van der Waals surface area contributed by atoms with Crippen LogP contribution in [0.2, 0.25) is 0 Å². The number of nitrogens with one attached hydrogen (secondary N) is 1. The van der Waals surface area contributed by atoms with Crippen LogP contribution in [0, 0.1) is 5.92 Å². The van der Waals surface area contributed by atoms with E-state index in [0.717, 1.165) is 22.8 Å². The summed E-state index contributed by atoms with van der Waals surface area (Å²) >= 11 is 1.67. The fourth-order valence-electron chi connectivity index (χ4n) is 2.02. The predicted octanol–water partition coefficient (Wildman–Crippen LogP) is 3.09. The molecule has 1 aromatic rings. The van der Waals surface area contributed by atoms with Crippen molar-refractivity contribution in [2.45, 2.75) is 37.6 Å². The molecule has 3 N–H and O–H groups in total. The SMILES string of the molecule is COc1ccc(SCCC(=O)NC(CN)CC(C)C)cc1.Cl. The Labute approximate surface area is 144 Å². The van der Waals surface area contributed by atoms with Crippen LogP contribution in [0.5, 0.6) is 5.75 Å². The van der Waals surface area contributed by atoms with E-state index in [4.69, 9.17) is 10.5 Å². The Bertz CT molecular complexity index is 427. The van der Waals surface area contributed by atoms with Gasteiger partial charge in [0.25, 0.3) is 0 Å². The van der Waals surface area contributed by atoms with Gasteiger partial charge in [0.2, 0.25) is 5.91 Å². The molecule has 22 heavy (non-hydrogen) atoms. The lowest BCUT2D eigenvalue weighted by Gasteiger charge is -2.18. The normalized spacial score (nSPS) is 11.7. The molecule has 0 radical (unpaired) electrons. The van der Waals surface area contributed by atoms with Crippen molar-refractivity contribution in [3.8, 4) is 5.75 Å². The van der Waals surface area contributed by atoms with E-state index >= 15 is 0 Å². The molecule has 0 heterocycles. The second-order valence-electron chi connectivity index (χ2n) is 5.40. The van der Waals surface area contributed by atoms with Gasteiger partial charge in [-0.15, -0.1) is 24.2 Å². The monoisotopic (exact) mass is 346 g/mol. The number of carbonyl (C=O) groups excluding carboxylic acids is 1. The van der Waals surface area contributed by atoms with Gasteiger partial charge in [-0.05, 0) is 36.6 Å². The van der Waals surface area contributed by atoms with Crippen LogP contribution in [-0.4, -0.2) is 31.4 Å². The van der Waals surface area contributed by atoms with E-state index in [-0.39, 0.29) is 24.4 Å². The first-order valence-corrected chi connectivity index (χ1v) is 8.30. The van der Waals surface area contributed by atoms with E-state index in [1.165, 1.54) is 0 Å². The Morgan fingerprint density at radius 1 is 1.32 bits per heavy atom. The molecule has 0 saturated carbocycles. The van der Waals surface area contributed by atoms with Gasteiger partial charge in [-0.3, -0.25) is 4.79 Å². The van der Waals surface area contributed by atoms with Gasteiger partial charge in [0.1, 0.15) is 5.75 Å². The number of hydrogen-bond donors (Lipinski definition) is 2. The lowest BCUT2D eigenvalue weighted by Crippen LogP contribution is -2.41. The molecule has 0 aliphatic carbocycles. The van der Waals surface area contributed by atoms with Gasteiger partial charge in [0, 0.05) is 29.7 Å². The van der Waals surface area contributed by atoms with E-state index < -0.39 is 0 Å². The Kier molecular flexibility index (Phi) is 11.1. The van der Waals surface area contributed by atoms with Gasteiger partial charge in [-0.2, -0.15) is 0 Å². The summed E-state index contributed by atoms with van der Waals surface area (Å²) in [6.45, 7) is 4.76. The van der Waals surface area contributed by atoms with Gasteiger partial charge in [0.15, 0.2) is 0 Å². The molecule has 0 aliphatic rings. The number of thioether (sulfide) groups is 1. The number of ether oxygens (including phenoxy) is 1. The lowest BCUT2D eigenvalue weighted by atomic mass is 10.0. The Morgan fingerprint density at radius 2 is 1.95 bits per heavy atom. The molecule has 4 nitrogen and oxygen atoms in total. The fourth-order valence-corrected chi connectivity index (χ4v) is 2.87. The molecule has 0 aliphatic heterocycles. The summed E-state index contributed by atoms with van der Waals surface area (Å²) in [7, 11) is 1.65. The predicted molar refractivity (Wildman–Crippen MR) is 96.0 cm³/mol. The van der Waals surface area contributed by atoms with E-state index in [1.54, 1.807) is 18.9 Å². The fraction of sp³-hybridized carbons (Fsp3) is 0.562. The molecule has 1 unspecified atom stereocenters. The maximum atomic E-state index is 11.9. The third-order valence-electron chi connectivity index (χ3n) is 3.06. The van der Waals surface area contributed by atoms with E-state index in [9.17, 15) is 4.79 Å². The van der Waals surface area contributed by atoms with E-state index in [2.05, 4.69) is 19.2 Å². The standard InChI is InChI=1S/C16H26N2O2S.ClH/c1-12(2)10-13(11-17)18-16(19)8-9-21-15-6-4-14(20-3)5-7-15;/h4-7,12-13H,8-11,17H2,1-3H3,(H,18,19);1H. The van der Waals surface area contributed by atoms with Crippen molar-refractivity contribution in [3.05, 3.63) is 24.3 Å². The zero-order valence-electron chi connectivity index (χ0n) is 13.5. The molecule has 1 rings (SSSR count). The average molecular weight is 347 g/mol. The highest BCUT2D eigenvalue weighted by molar-refractivity contribution is 7.99. The number of amides is 1. The minimum atomic E-state index is 0. The Balaban J connectivity index is 0.00000441. The quantitative estimate of drug-likeness (QED) is 0.674. The van der Waals surface area contributed by atoms with Crippen molar-refractivity contribution >= 4 is 30.1 Å². The van der Waals surface area contributed by atoms with E-state index in [1.807, 2.05) is 24.3 Å². The highest BCUT2D eigenvalue weighted by Gasteiger charge is 2.12. The van der Waals surface area contributed by atoms with Crippen LogP contribution in [0.4, 0.5) is 0 Å². The summed E-state index contributed by atoms with van der Waals surface area (Å²) in [6.07, 6.45) is 1.43. The Morgan fingerprint density at radius 3 is 2.45 bits per heavy atom. The number of carbonyl (C=O) groups is 1. The molecule has 1 atom stereocenters. The number of halogens is 1. The van der Waals surface area contributed by atoms with Crippen LogP contribution in [0.25, 0.3) is 0 Å². The van der Waals surface area contributed by atoms with Crippen LogP contribution in [0.15, 0.2) is 29.2 Å². The van der Waals surface area contributed by atoms with Crippen LogP contribution >= 0.6 is 24.2 Å². The number of hydrogen-bond acceptors (Lipinski definition) is 4. The summed E-state index contributed by atoms with van der Waals surface area (Å²) in [5.41, 5.74) is 5.68. The third kappa shape index (κ3) is 8.51. The molecule has 0 aromatic heterocycles. The average Bonchev–Trinajstić information content (AvgIpc) is 2.46. The first-order chi connectivity index (χ1) is 10.0. The van der Waals surface area contributed by atoms with Crippen molar-refractivity contribution in [2.24, 2.45) is 11.7 Å². The van der Waals surface area contributed by atoms with E-state index in [0.29, 0.717) is 18.9 Å². The van der Waals surface area contributed by atoms with Crippen LogP contribution in [0.3, 0.4) is 0 Å². The second-order valence-corrected chi connectivity index (χ2v) is 6.57. The van der Waals surface area contributed by atoms with Crippen molar-refractivity contribution in [1.82, 2.24) is 5.32 Å². The zero-order valence-corrected chi connectivity index (χ0v) is 15.1. The first kappa shape index (κ1) is 21.1. The summed E-state index contributed by atoms with van der Waals surface area (Å²) in [6, 6.07) is 7.94. The zero-order chi connectivity index (χ0) is 15.7. The van der Waals surface area contributed by atoms with Gasteiger partial charge in [0.05, 0.1) is 7.11 Å². The topological polar surface area (TPSA) is 64.3 Å². The molecular weight excluding hydrogens is 320 g/mol. The molecule has 6 heteroatoms. The third-order valence-corrected chi connectivity index (χ3v) is 4.08. The largest absolute Gasteiger partial charge is 0.497 e. The maximum absolute atomic E-state index is 11.9. The molecule has 0 fully saturated rings. The molecule has 126 valence electrons. The van der Waals surface area contributed by atoms with Crippen molar-refractivity contribution in [2.75, 3.05) is 19.4 Å². The number of benzene rings is 1. The molecular formula is C16H27ClN2O2S. The summed E-state index contributed by atoms with van der Waals surface area (Å²) < 4.78 is 5.11. The molecule has 0 saturated heterocycles. The lowest BCUT2D eigenvalue weighted by molar-refractivity contribution is -0.121. The summed E-state index contributed by atoms with van der Waals surface area (Å²) in [5.74, 6) is 2.22. The van der Waals surface area contributed by atoms with Crippen molar-refractivity contribution in [3.63, 3.8) is 0 Å². The molecule has 0 bridgehead atoms. The van der Waals surface area contributed by atoms with Crippen molar-refractivity contribution < 1.29 is 9.53 Å². The van der Waals surface area contributed by atoms with Crippen LogP contribution in [-0.2, 0) is 4.79 Å². The number of rotatable bonds is 9.